The molecule has 0 aromatic heterocycles. The fraction of sp³-hybridized carbons (Fsp3) is 0.222. The summed E-state index contributed by atoms with van der Waals surface area (Å²) in [5, 5.41) is 0.611. The normalized spacial score (nSPS) is 12.5. The van der Waals surface area contributed by atoms with E-state index in [1.54, 1.807) is 24.3 Å². The highest BCUT2D eigenvalue weighted by atomic mass is 35.5. The van der Waals surface area contributed by atoms with E-state index in [4.69, 9.17) is 11.6 Å². The van der Waals surface area contributed by atoms with E-state index in [0.29, 0.717) is 11.3 Å². The second kappa shape index (κ2) is 4.21. The van der Waals surface area contributed by atoms with E-state index in [2.05, 4.69) is 0 Å². The Morgan fingerprint density at radius 3 is 2.50 bits per heavy atom. The number of halogens is 2. The Balaban J connectivity index is 2.64. The number of benzene rings is 1. The maximum Gasteiger partial charge on any atom is 0.159 e. The van der Waals surface area contributed by atoms with E-state index in [-0.39, 0.29) is 6.42 Å². The van der Waals surface area contributed by atoms with Crippen molar-refractivity contribution in [3.8, 4) is 0 Å². The summed E-state index contributed by atoms with van der Waals surface area (Å²) < 4.78 is 12.5. The Hall–Kier alpha value is -0.890. The van der Waals surface area contributed by atoms with Gasteiger partial charge >= 0.3 is 0 Å². The Morgan fingerprint density at radius 1 is 1.42 bits per heavy atom. The zero-order chi connectivity index (χ0) is 8.97. The Labute approximate surface area is 75.2 Å². The Kier molecular flexibility index (Phi) is 3.23. The van der Waals surface area contributed by atoms with Gasteiger partial charge in [-0.15, -0.1) is 0 Å². The van der Waals surface area contributed by atoms with Gasteiger partial charge in [0.1, 0.15) is 0 Å². The van der Waals surface area contributed by atoms with Crippen LogP contribution >= 0.6 is 11.6 Å². The molecule has 0 heterocycles. The van der Waals surface area contributed by atoms with Gasteiger partial charge in [0.05, 0.1) is 0 Å². The van der Waals surface area contributed by atoms with E-state index in [9.17, 15) is 9.18 Å². The molecule has 0 saturated carbocycles. The summed E-state index contributed by atoms with van der Waals surface area (Å²) in [4.78, 5) is 9.98. The van der Waals surface area contributed by atoms with Crippen LogP contribution in [0.3, 0.4) is 0 Å². The topological polar surface area (TPSA) is 17.1 Å². The molecule has 1 aromatic rings. The smallest absolute Gasteiger partial charge is 0.159 e. The van der Waals surface area contributed by atoms with Crippen molar-refractivity contribution in [1.82, 2.24) is 0 Å². The molecule has 0 aliphatic carbocycles. The van der Waals surface area contributed by atoms with E-state index >= 15 is 0 Å². The van der Waals surface area contributed by atoms with Gasteiger partial charge in [-0.25, -0.2) is 4.39 Å². The van der Waals surface area contributed by atoms with Crippen molar-refractivity contribution < 1.29 is 9.18 Å². The zero-order valence-electron chi connectivity index (χ0n) is 6.34. The molecule has 0 spiro atoms. The maximum absolute atomic E-state index is 12.5. The Bertz CT molecular complexity index is 258. The molecule has 0 saturated heterocycles. The summed E-state index contributed by atoms with van der Waals surface area (Å²) in [5.74, 6) is 0. The van der Waals surface area contributed by atoms with Crippen molar-refractivity contribution in [3.63, 3.8) is 0 Å². The highest BCUT2D eigenvalue weighted by molar-refractivity contribution is 6.30. The van der Waals surface area contributed by atoms with Gasteiger partial charge in [-0.3, -0.25) is 0 Å². The van der Waals surface area contributed by atoms with Crippen LogP contribution in [0, 0.1) is 0 Å². The van der Waals surface area contributed by atoms with Gasteiger partial charge in [0.25, 0.3) is 0 Å². The Morgan fingerprint density at radius 2 is 2.00 bits per heavy atom. The van der Waals surface area contributed by atoms with Crippen molar-refractivity contribution in [2.45, 2.75) is 12.6 Å². The highest BCUT2D eigenvalue weighted by Crippen LogP contribution is 2.11. The average Bonchev–Trinajstić information content (AvgIpc) is 2.09. The molecule has 1 unspecified atom stereocenters. The summed E-state index contributed by atoms with van der Waals surface area (Å²) in [6, 6.07) is 6.76. The van der Waals surface area contributed by atoms with Crippen LogP contribution < -0.4 is 0 Å². The van der Waals surface area contributed by atoms with Crippen LogP contribution in [0.1, 0.15) is 5.56 Å². The first-order valence-electron chi connectivity index (χ1n) is 3.56. The third-order valence-corrected chi connectivity index (χ3v) is 1.74. The summed E-state index contributed by atoms with van der Waals surface area (Å²) in [6.07, 6.45) is -0.985. The number of carbonyl (C=O) groups is 1. The lowest BCUT2D eigenvalue weighted by Crippen LogP contribution is -2.05. The van der Waals surface area contributed by atoms with Gasteiger partial charge in [0.15, 0.2) is 12.5 Å². The number of carbonyl (C=O) groups excluding carboxylic acids is 1. The van der Waals surface area contributed by atoms with Gasteiger partial charge in [0, 0.05) is 11.4 Å². The fourth-order valence-electron chi connectivity index (χ4n) is 0.894. The molecule has 0 amide bonds. The standard InChI is InChI=1S/C9H8ClFO/c10-8-3-1-7(2-4-8)5-9(11)6-12/h1-4,6,9H,5H2. The molecular weight excluding hydrogens is 179 g/mol. The number of hydrogen-bond donors (Lipinski definition) is 0. The fourth-order valence-corrected chi connectivity index (χ4v) is 1.02. The van der Waals surface area contributed by atoms with Gasteiger partial charge in [0.2, 0.25) is 0 Å². The molecule has 1 nitrogen and oxygen atoms in total. The molecule has 1 aromatic carbocycles. The van der Waals surface area contributed by atoms with Crippen LogP contribution in [0.15, 0.2) is 24.3 Å². The molecule has 64 valence electrons. The van der Waals surface area contributed by atoms with E-state index < -0.39 is 6.17 Å². The molecular formula is C9H8ClFO. The molecule has 0 radical (unpaired) electrons. The van der Waals surface area contributed by atoms with E-state index in [1.807, 2.05) is 0 Å². The largest absolute Gasteiger partial charge is 0.300 e. The van der Waals surface area contributed by atoms with Crippen LogP contribution in [-0.4, -0.2) is 12.5 Å². The van der Waals surface area contributed by atoms with Crippen LogP contribution in [0.4, 0.5) is 4.39 Å². The van der Waals surface area contributed by atoms with Crippen molar-refractivity contribution in [1.29, 1.82) is 0 Å². The van der Waals surface area contributed by atoms with Gasteiger partial charge in [-0.05, 0) is 17.7 Å². The quantitative estimate of drug-likeness (QED) is 0.663. The molecule has 3 heteroatoms. The lowest BCUT2D eigenvalue weighted by molar-refractivity contribution is -0.111. The SMILES string of the molecule is O=CC(F)Cc1ccc(Cl)cc1. The minimum absolute atomic E-state index is 0.126. The summed E-state index contributed by atoms with van der Waals surface area (Å²) >= 11 is 5.62. The highest BCUT2D eigenvalue weighted by Gasteiger charge is 2.04. The predicted molar refractivity (Wildman–Crippen MR) is 46.1 cm³/mol. The first-order chi connectivity index (χ1) is 5.72. The van der Waals surface area contributed by atoms with Crippen molar-refractivity contribution >= 4 is 17.9 Å². The second-order valence-electron chi connectivity index (χ2n) is 2.48. The lowest BCUT2D eigenvalue weighted by atomic mass is 10.1. The molecule has 0 aliphatic heterocycles. The first-order valence-corrected chi connectivity index (χ1v) is 3.94. The molecule has 0 aliphatic rings. The maximum atomic E-state index is 12.5. The third kappa shape index (κ3) is 2.62. The number of rotatable bonds is 3. The van der Waals surface area contributed by atoms with E-state index in [1.165, 1.54) is 0 Å². The monoisotopic (exact) mass is 186 g/mol. The van der Waals surface area contributed by atoms with E-state index in [0.717, 1.165) is 5.56 Å². The third-order valence-electron chi connectivity index (χ3n) is 1.49. The van der Waals surface area contributed by atoms with Crippen molar-refractivity contribution in [3.05, 3.63) is 34.9 Å². The minimum Gasteiger partial charge on any atom is -0.300 e. The van der Waals surface area contributed by atoms with Crippen molar-refractivity contribution in [2.75, 3.05) is 0 Å². The van der Waals surface area contributed by atoms with Crippen molar-refractivity contribution in [2.24, 2.45) is 0 Å². The number of aldehydes is 1. The molecule has 1 rings (SSSR count). The molecule has 0 N–H and O–H groups in total. The average molecular weight is 187 g/mol. The van der Waals surface area contributed by atoms with Gasteiger partial charge in [-0.2, -0.15) is 0 Å². The zero-order valence-corrected chi connectivity index (χ0v) is 7.09. The predicted octanol–water partition coefficient (Wildman–Crippen LogP) is 2.42. The minimum atomic E-state index is -1.41. The number of hydrogen-bond acceptors (Lipinski definition) is 1. The number of alkyl halides is 1. The molecule has 0 fully saturated rings. The first kappa shape index (κ1) is 9.20. The molecule has 12 heavy (non-hydrogen) atoms. The molecule has 0 bridgehead atoms. The molecule has 1 atom stereocenters. The lowest BCUT2D eigenvalue weighted by Gasteiger charge is -2.00. The summed E-state index contributed by atoms with van der Waals surface area (Å²) in [7, 11) is 0. The van der Waals surface area contributed by atoms with Crippen LogP contribution in [0.25, 0.3) is 0 Å². The summed E-state index contributed by atoms with van der Waals surface area (Å²) in [6.45, 7) is 0. The second-order valence-corrected chi connectivity index (χ2v) is 2.92. The summed E-state index contributed by atoms with van der Waals surface area (Å²) in [5.41, 5.74) is 0.777. The van der Waals surface area contributed by atoms with Crippen LogP contribution in [-0.2, 0) is 11.2 Å². The van der Waals surface area contributed by atoms with Gasteiger partial charge < -0.3 is 4.79 Å². The van der Waals surface area contributed by atoms with Gasteiger partial charge in [-0.1, -0.05) is 23.7 Å². The van der Waals surface area contributed by atoms with Crippen LogP contribution in [0.2, 0.25) is 5.02 Å². The van der Waals surface area contributed by atoms with Crippen LogP contribution in [0.5, 0.6) is 0 Å².